The second-order valence-electron chi connectivity index (χ2n) is 10.4. The zero-order chi connectivity index (χ0) is 22.8. The second kappa shape index (κ2) is 9.20. The molecule has 1 aromatic carbocycles. The molecule has 176 valence electrons. The first kappa shape index (κ1) is 22.0. The first-order valence-corrected chi connectivity index (χ1v) is 12.3. The standard InChI is InChI=1S/C26H34N4O3/c1-2-23(26-11-18-8-19(12-26)10-20(9-18)13-26)29-24(31)16-30-15-21(14-27-30)28-25(32)17-33-22-6-4-3-5-7-22/h3-7,14-15,18-20,23H,2,8-13,16-17H2,1H3,(H,28,32)(H,29,31)/t18?,19?,20?,23-,26?/m1/s1. The van der Waals surface area contributed by atoms with Gasteiger partial charge >= 0.3 is 0 Å². The van der Waals surface area contributed by atoms with Crippen LogP contribution < -0.4 is 15.4 Å². The van der Waals surface area contributed by atoms with Crippen LogP contribution in [-0.4, -0.2) is 34.2 Å². The highest BCUT2D eigenvalue weighted by Gasteiger charge is 2.53. The van der Waals surface area contributed by atoms with E-state index in [-0.39, 0.29) is 31.0 Å². The predicted molar refractivity (Wildman–Crippen MR) is 126 cm³/mol. The van der Waals surface area contributed by atoms with E-state index in [2.05, 4.69) is 22.7 Å². The van der Waals surface area contributed by atoms with Gasteiger partial charge in [0.1, 0.15) is 12.3 Å². The van der Waals surface area contributed by atoms with Gasteiger partial charge in [0.2, 0.25) is 5.91 Å². The summed E-state index contributed by atoms with van der Waals surface area (Å²) in [5.41, 5.74) is 0.846. The minimum absolute atomic E-state index is 0.00835. The maximum absolute atomic E-state index is 12.9. The molecule has 7 heteroatoms. The Morgan fingerprint density at radius 3 is 2.39 bits per heavy atom. The lowest BCUT2D eigenvalue weighted by Gasteiger charge is -2.59. The quantitative estimate of drug-likeness (QED) is 0.604. The van der Waals surface area contributed by atoms with Crippen LogP contribution in [0.25, 0.3) is 0 Å². The predicted octanol–water partition coefficient (Wildman–Crippen LogP) is 4.01. The molecular weight excluding hydrogens is 416 g/mol. The molecule has 2 N–H and O–H groups in total. The zero-order valence-corrected chi connectivity index (χ0v) is 19.3. The van der Waals surface area contributed by atoms with E-state index in [1.165, 1.54) is 38.5 Å². The Labute approximate surface area is 195 Å². The number of para-hydroxylation sites is 1. The van der Waals surface area contributed by atoms with Gasteiger partial charge in [0.25, 0.3) is 5.91 Å². The lowest BCUT2D eigenvalue weighted by atomic mass is 9.47. The highest BCUT2D eigenvalue weighted by atomic mass is 16.5. The van der Waals surface area contributed by atoms with Crippen LogP contribution in [0.5, 0.6) is 5.75 Å². The molecule has 0 saturated heterocycles. The minimum atomic E-state index is -0.268. The molecule has 4 fully saturated rings. The number of carbonyl (C=O) groups is 2. The second-order valence-corrected chi connectivity index (χ2v) is 10.4. The Bertz CT molecular complexity index is 951. The van der Waals surface area contributed by atoms with Crippen molar-refractivity contribution < 1.29 is 14.3 Å². The SMILES string of the molecule is CC[C@@H](NC(=O)Cn1cc(NC(=O)COc2ccccc2)cn1)C12CC3CC(CC(C3)C1)C2. The van der Waals surface area contributed by atoms with Gasteiger partial charge in [0.05, 0.1) is 11.9 Å². The van der Waals surface area contributed by atoms with Gasteiger partial charge in [-0.2, -0.15) is 5.10 Å². The van der Waals surface area contributed by atoms with Gasteiger partial charge in [0.15, 0.2) is 6.61 Å². The number of aromatic nitrogens is 2. The topological polar surface area (TPSA) is 85.2 Å². The fraction of sp³-hybridized carbons (Fsp3) is 0.577. The molecule has 4 saturated carbocycles. The summed E-state index contributed by atoms with van der Waals surface area (Å²) in [4.78, 5) is 25.0. The minimum Gasteiger partial charge on any atom is -0.484 e. The maximum atomic E-state index is 12.9. The summed E-state index contributed by atoms with van der Waals surface area (Å²) >= 11 is 0. The molecule has 1 aromatic heterocycles. The Morgan fingerprint density at radius 2 is 1.76 bits per heavy atom. The van der Waals surface area contributed by atoms with Crippen molar-refractivity contribution in [3.8, 4) is 5.75 Å². The van der Waals surface area contributed by atoms with Crippen molar-refractivity contribution in [3.63, 3.8) is 0 Å². The summed E-state index contributed by atoms with van der Waals surface area (Å²) in [5.74, 6) is 2.97. The van der Waals surface area contributed by atoms with Crippen molar-refractivity contribution >= 4 is 17.5 Å². The lowest BCUT2D eigenvalue weighted by molar-refractivity contribution is -0.127. The molecule has 0 spiro atoms. The normalized spacial score (nSPS) is 28.3. The molecule has 0 unspecified atom stereocenters. The van der Waals surface area contributed by atoms with Crippen LogP contribution in [0.1, 0.15) is 51.9 Å². The molecular formula is C26H34N4O3. The van der Waals surface area contributed by atoms with Crippen molar-refractivity contribution in [2.45, 2.75) is 64.5 Å². The van der Waals surface area contributed by atoms with Crippen LogP contribution >= 0.6 is 0 Å². The summed E-state index contributed by atoms with van der Waals surface area (Å²) < 4.78 is 7.04. The van der Waals surface area contributed by atoms with E-state index in [4.69, 9.17) is 4.74 Å². The van der Waals surface area contributed by atoms with E-state index in [0.29, 0.717) is 16.9 Å². The zero-order valence-electron chi connectivity index (χ0n) is 19.3. The van der Waals surface area contributed by atoms with Crippen LogP contribution in [0, 0.1) is 23.2 Å². The number of anilines is 1. The Morgan fingerprint density at radius 1 is 1.09 bits per heavy atom. The monoisotopic (exact) mass is 450 g/mol. The van der Waals surface area contributed by atoms with Crippen LogP contribution in [0.15, 0.2) is 42.7 Å². The highest BCUT2D eigenvalue weighted by molar-refractivity contribution is 5.91. The number of nitrogens with zero attached hydrogens (tertiary/aromatic N) is 2. The summed E-state index contributed by atoms with van der Waals surface area (Å²) in [5, 5.41) is 10.4. The maximum Gasteiger partial charge on any atom is 0.262 e. The van der Waals surface area contributed by atoms with Gasteiger partial charge in [-0.1, -0.05) is 25.1 Å². The molecule has 0 radical (unpaired) electrons. The average molecular weight is 451 g/mol. The number of rotatable bonds is 9. The van der Waals surface area contributed by atoms with Crippen LogP contribution in [-0.2, 0) is 16.1 Å². The Hall–Kier alpha value is -2.83. The third-order valence-corrected chi connectivity index (χ3v) is 7.90. The molecule has 4 aliphatic rings. The summed E-state index contributed by atoms with van der Waals surface area (Å²) in [6.07, 6.45) is 12.3. The summed E-state index contributed by atoms with van der Waals surface area (Å²) in [6, 6.07) is 9.45. The van der Waals surface area contributed by atoms with Gasteiger partial charge in [-0.3, -0.25) is 14.3 Å². The smallest absolute Gasteiger partial charge is 0.262 e. The first-order chi connectivity index (χ1) is 16.0. The number of amides is 2. The number of nitrogens with one attached hydrogen (secondary N) is 2. The number of ether oxygens (including phenoxy) is 1. The lowest BCUT2D eigenvalue weighted by Crippen LogP contribution is -2.57. The van der Waals surface area contributed by atoms with Crippen molar-refractivity contribution in [1.82, 2.24) is 15.1 Å². The van der Waals surface area contributed by atoms with Gasteiger partial charge in [-0.15, -0.1) is 0 Å². The molecule has 33 heavy (non-hydrogen) atoms. The van der Waals surface area contributed by atoms with Gasteiger partial charge in [-0.05, 0) is 80.2 Å². The van der Waals surface area contributed by atoms with Gasteiger partial charge in [0, 0.05) is 12.2 Å². The number of hydrogen-bond acceptors (Lipinski definition) is 4. The molecule has 6 rings (SSSR count). The van der Waals surface area contributed by atoms with Crippen molar-refractivity contribution in [3.05, 3.63) is 42.7 Å². The number of benzene rings is 1. The van der Waals surface area contributed by atoms with Crippen molar-refractivity contribution in [1.29, 1.82) is 0 Å². The Balaban J connectivity index is 1.13. The van der Waals surface area contributed by atoms with E-state index in [0.717, 1.165) is 24.2 Å². The van der Waals surface area contributed by atoms with E-state index >= 15 is 0 Å². The van der Waals surface area contributed by atoms with Crippen LogP contribution in [0.2, 0.25) is 0 Å². The van der Waals surface area contributed by atoms with Crippen LogP contribution in [0.4, 0.5) is 5.69 Å². The Kier molecular flexibility index (Phi) is 6.13. The molecule has 7 nitrogen and oxygen atoms in total. The number of carbonyl (C=O) groups excluding carboxylic acids is 2. The third-order valence-electron chi connectivity index (χ3n) is 7.90. The fourth-order valence-corrected chi connectivity index (χ4v) is 7.06. The fourth-order valence-electron chi connectivity index (χ4n) is 7.06. The molecule has 2 aromatic rings. The van der Waals surface area contributed by atoms with Crippen LogP contribution in [0.3, 0.4) is 0 Å². The molecule has 4 bridgehead atoms. The molecule has 2 amide bonds. The molecule has 1 heterocycles. The van der Waals surface area contributed by atoms with Gasteiger partial charge < -0.3 is 15.4 Å². The first-order valence-electron chi connectivity index (χ1n) is 12.3. The summed E-state index contributed by atoms with van der Waals surface area (Å²) in [6.45, 7) is 2.26. The van der Waals surface area contributed by atoms with Crippen molar-refractivity contribution in [2.24, 2.45) is 23.2 Å². The van der Waals surface area contributed by atoms with Crippen molar-refractivity contribution in [2.75, 3.05) is 11.9 Å². The number of hydrogen-bond donors (Lipinski definition) is 2. The van der Waals surface area contributed by atoms with E-state index in [1.807, 2.05) is 18.2 Å². The molecule has 4 aliphatic carbocycles. The third kappa shape index (κ3) is 4.92. The molecule has 0 aliphatic heterocycles. The van der Waals surface area contributed by atoms with E-state index in [9.17, 15) is 9.59 Å². The van der Waals surface area contributed by atoms with E-state index in [1.54, 1.807) is 29.2 Å². The average Bonchev–Trinajstić information content (AvgIpc) is 3.22. The highest BCUT2D eigenvalue weighted by Crippen LogP contribution is 2.61. The largest absolute Gasteiger partial charge is 0.484 e. The summed E-state index contributed by atoms with van der Waals surface area (Å²) in [7, 11) is 0. The van der Waals surface area contributed by atoms with E-state index < -0.39 is 0 Å². The van der Waals surface area contributed by atoms with Gasteiger partial charge in [-0.25, -0.2) is 0 Å². The molecule has 1 atom stereocenters.